The van der Waals surface area contributed by atoms with Crippen LogP contribution in [0, 0.1) is 11.3 Å². The van der Waals surface area contributed by atoms with Crippen molar-refractivity contribution in [3.63, 3.8) is 0 Å². The van der Waals surface area contributed by atoms with E-state index in [-0.39, 0.29) is 18.6 Å². The first kappa shape index (κ1) is 14.3. The number of amides is 1. The monoisotopic (exact) mass is 275 g/mol. The van der Waals surface area contributed by atoms with Crippen LogP contribution in [0.1, 0.15) is 12.0 Å². The number of aliphatic hydroxyl groups is 1. The first-order valence-electron chi connectivity index (χ1n) is 6.49. The van der Waals surface area contributed by atoms with Crippen molar-refractivity contribution in [3.05, 3.63) is 29.8 Å². The first-order chi connectivity index (χ1) is 9.69. The van der Waals surface area contributed by atoms with E-state index < -0.39 is 6.10 Å². The summed E-state index contributed by atoms with van der Waals surface area (Å²) in [5.41, 5.74) is 0.443. The van der Waals surface area contributed by atoms with Gasteiger partial charge in [-0.2, -0.15) is 5.26 Å². The number of ether oxygens (including phenoxy) is 1. The molecule has 2 rings (SSSR count). The summed E-state index contributed by atoms with van der Waals surface area (Å²) in [7, 11) is 0. The van der Waals surface area contributed by atoms with Gasteiger partial charge in [0.05, 0.1) is 5.56 Å². The minimum absolute atomic E-state index is 0.0242. The minimum atomic E-state index is -0.697. The fraction of sp³-hybridized carbons (Fsp3) is 0.429. The molecule has 1 aliphatic rings. The Labute approximate surface area is 117 Å². The second kappa shape index (κ2) is 6.89. The van der Waals surface area contributed by atoms with Gasteiger partial charge in [-0.15, -0.1) is 0 Å². The average molecular weight is 275 g/mol. The summed E-state index contributed by atoms with van der Waals surface area (Å²) < 4.78 is 5.43. The maximum Gasteiger partial charge on any atom is 0.221 e. The predicted octanol–water partition coefficient (Wildman–Crippen LogP) is -0.224. The van der Waals surface area contributed by atoms with Crippen molar-refractivity contribution in [1.82, 2.24) is 10.6 Å². The van der Waals surface area contributed by atoms with Gasteiger partial charge in [0.1, 0.15) is 24.5 Å². The summed E-state index contributed by atoms with van der Waals surface area (Å²) in [6, 6.07) is 8.98. The zero-order valence-corrected chi connectivity index (χ0v) is 11.0. The van der Waals surface area contributed by atoms with E-state index in [1.807, 2.05) is 6.07 Å². The molecule has 106 valence electrons. The van der Waals surface area contributed by atoms with Gasteiger partial charge in [-0.3, -0.25) is 4.79 Å². The van der Waals surface area contributed by atoms with Crippen LogP contribution in [-0.4, -0.2) is 42.9 Å². The fourth-order valence-electron chi connectivity index (χ4n) is 1.98. The maximum absolute atomic E-state index is 11.0. The normalized spacial score (nSPS) is 19.2. The van der Waals surface area contributed by atoms with Crippen molar-refractivity contribution in [1.29, 1.82) is 5.26 Å². The highest BCUT2D eigenvalue weighted by Crippen LogP contribution is 2.16. The van der Waals surface area contributed by atoms with Gasteiger partial charge in [0, 0.05) is 25.6 Å². The van der Waals surface area contributed by atoms with Gasteiger partial charge in [-0.05, 0) is 12.1 Å². The summed E-state index contributed by atoms with van der Waals surface area (Å²) in [6.07, 6.45) is -0.261. The van der Waals surface area contributed by atoms with E-state index in [1.54, 1.807) is 24.3 Å². The van der Waals surface area contributed by atoms with Gasteiger partial charge in [0.25, 0.3) is 0 Å². The molecular formula is C14H17N3O3. The number of para-hydroxylation sites is 1. The predicted molar refractivity (Wildman–Crippen MR) is 72.1 cm³/mol. The van der Waals surface area contributed by atoms with Gasteiger partial charge in [0.15, 0.2) is 0 Å². The molecule has 6 nitrogen and oxygen atoms in total. The number of carbonyl (C=O) groups is 1. The third kappa shape index (κ3) is 3.95. The second-order valence-electron chi connectivity index (χ2n) is 4.69. The summed E-state index contributed by atoms with van der Waals surface area (Å²) >= 11 is 0. The molecule has 20 heavy (non-hydrogen) atoms. The van der Waals surface area contributed by atoms with Crippen LogP contribution in [-0.2, 0) is 4.79 Å². The summed E-state index contributed by atoms with van der Waals surface area (Å²) in [5.74, 6) is 0.489. The number of nitrogens with one attached hydrogen (secondary N) is 2. The van der Waals surface area contributed by atoms with Crippen LogP contribution in [0.25, 0.3) is 0 Å². The highest BCUT2D eigenvalue weighted by Gasteiger charge is 2.21. The van der Waals surface area contributed by atoms with Crippen LogP contribution in [0.2, 0.25) is 0 Å². The molecule has 0 spiro atoms. The molecule has 6 heteroatoms. The molecular weight excluding hydrogens is 258 g/mol. The van der Waals surface area contributed by atoms with Crippen LogP contribution in [0.15, 0.2) is 24.3 Å². The van der Waals surface area contributed by atoms with Crippen LogP contribution in [0.3, 0.4) is 0 Å². The highest BCUT2D eigenvalue weighted by atomic mass is 16.5. The lowest BCUT2D eigenvalue weighted by Crippen LogP contribution is -2.39. The molecule has 0 radical (unpaired) electrons. The highest BCUT2D eigenvalue weighted by molar-refractivity contribution is 5.78. The Bertz CT molecular complexity index is 513. The SMILES string of the molecule is N#Cc1ccccc1OCC(O)CNC1CNC(=O)C1. The van der Waals surface area contributed by atoms with Crippen molar-refractivity contribution in [2.75, 3.05) is 19.7 Å². The first-order valence-corrected chi connectivity index (χ1v) is 6.49. The van der Waals surface area contributed by atoms with Crippen molar-refractivity contribution >= 4 is 5.91 Å². The molecule has 0 aromatic heterocycles. The van der Waals surface area contributed by atoms with Gasteiger partial charge in [0.2, 0.25) is 5.91 Å². The molecule has 0 aliphatic carbocycles. The zero-order valence-electron chi connectivity index (χ0n) is 11.0. The molecule has 3 N–H and O–H groups in total. The standard InChI is InChI=1S/C14H17N3O3/c15-6-10-3-1-2-4-13(10)20-9-12(18)8-16-11-5-14(19)17-7-11/h1-4,11-12,16,18H,5,7-9H2,(H,17,19). The van der Waals surface area contributed by atoms with Gasteiger partial charge in [-0.25, -0.2) is 0 Å². The molecule has 1 aromatic carbocycles. The molecule has 0 saturated carbocycles. The number of rotatable bonds is 6. The van der Waals surface area contributed by atoms with Crippen LogP contribution < -0.4 is 15.4 Å². The quantitative estimate of drug-likeness (QED) is 0.667. The number of benzene rings is 1. The van der Waals surface area contributed by atoms with Crippen LogP contribution >= 0.6 is 0 Å². The summed E-state index contributed by atoms with van der Waals surface area (Å²) in [4.78, 5) is 11.0. The van der Waals surface area contributed by atoms with E-state index in [9.17, 15) is 9.90 Å². The lowest BCUT2D eigenvalue weighted by Gasteiger charge is -2.16. The Morgan fingerprint density at radius 2 is 2.35 bits per heavy atom. The molecule has 1 fully saturated rings. The molecule has 0 bridgehead atoms. The maximum atomic E-state index is 11.0. The van der Waals surface area contributed by atoms with Gasteiger partial charge in [-0.1, -0.05) is 12.1 Å². The lowest BCUT2D eigenvalue weighted by atomic mass is 10.2. The largest absolute Gasteiger partial charge is 0.489 e. The third-order valence-electron chi connectivity index (χ3n) is 3.06. The average Bonchev–Trinajstić information content (AvgIpc) is 2.89. The number of hydrogen-bond donors (Lipinski definition) is 3. The lowest BCUT2D eigenvalue weighted by molar-refractivity contribution is -0.119. The van der Waals surface area contributed by atoms with Crippen LogP contribution in [0.5, 0.6) is 5.75 Å². The van der Waals surface area contributed by atoms with Crippen molar-refractivity contribution in [2.24, 2.45) is 0 Å². The van der Waals surface area contributed by atoms with E-state index in [0.29, 0.717) is 30.8 Å². The Balaban J connectivity index is 1.73. The Morgan fingerprint density at radius 1 is 1.55 bits per heavy atom. The van der Waals surface area contributed by atoms with Crippen molar-refractivity contribution in [2.45, 2.75) is 18.6 Å². The Morgan fingerprint density at radius 3 is 3.05 bits per heavy atom. The number of aliphatic hydroxyl groups excluding tert-OH is 1. The summed E-state index contributed by atoms with van der Waals surface area (Å²) in [5, 5.41) is 24.6. The Kier molecular flexibility index (Phi) is 4.93. The number of hydrogen-bond acceptors (Lipinski definition) is 5. The molecule has 1 saturated heterocycles. The fourth-order valence-corrected chi connectivity index (χ4v) is 1.98. The topological polar surface area (TPSA) is 94.4 Å². The van der Waals surface area contributed by atoms with E-state index in [0.717, 1.165) is 0 Å². The van der Waals surface area contributed by atoms with E-state index in [4.69, 9.17) is 10.00 Å². The van der Waals surface area contributed by atoms with Gasteiger partial charge < -0.3 is 20.5 Å². The van der Waals surface area contributed by atoms with Crippen molar-refractivity contribution < 1.29 is 14.6 Å². The number of nitrogens with zero attached hydrogens (tertiary/aromatic N) is 1. The Hall–Kier alpha value is -2.10. The molecule has 2 atom stereocenters. The van der Waals surface area contributed by atoms with E-state index in [1.165, 1.54) is 0 Å². The van der Waals surface area contributed by atoms with E-state index in [2.05, 4.69) is 10.6 Å². The third-order valence-corrected chi connectivity index (χ3v) is 3.06. The number of nitriles is 1. The smallest absolute Gasteiger partial charge is 0.221 e. The summed E-state index contributed by atoms with van der Waals surface area (Å²) in [6.45, 7) is 1.03. The molecule has 1 heterocycles. The molecule has 1 aromatic rings. The van der Waals surface area contributed by atoms with Crippen molar-refractivity contribution in [3.8, 4) is 11.8 Å². The molecule has 2 unspecified atom stereocenters. The number of carbonyl (C=O) groups excluding carboxylic acids is 1. The zero-order chi connectivity index (χ0) is 14.4. The van der Waals surface area contributed by atoms with Gasteiger partial charge >= 0.3 is 0 Å². The van der Waals surface area contributed by atoms with E-state index >= 15 is 0 Å². The molecule has 1 aliphatic heterocycles. The molecule has 1 amide bonds. The van der Waals surface area contributed by atoms with Crippen LogP contribution in [0.4, 0.5) is 0 Å². The second-order valence-corrected chi connectivity index (χ2v) is 4.69. The minimum Gasteiger partial charge on any atom is -0.489 e.